The summed E-state index contributed by atoms with van der Waals surface area (Å²) in [5, 5.41) is 12.8. The van der Waals surface area contributed by atoms with E-state index in [1.807, 2.05) is 6.07 Å². The molecule has 0 radical (unpaired) electrons. The van der Waals surface area contributed by atoms with Gasteiger partial charge < -0.3 is 19.9 Å². The van der Waals surface area contributed by atoms with Crippen LogP contribution in [0.25, 0.3) is 0 Å². The molecule has 0 aliphatic rings. The van der Waals surface area contributed by atoms with Crippen molar-refractivity contribution in [3.8, 4) is 11.5 Å². The molecule has 5 nitrogen and oxygen atoms in total. The van der Waals surface area contributed by atoms with Crippen LogP contribution < -0.4 is 10.1 Å². The molecule has 2 N–H and O–H groups in total. The summed E-state index contributed by atoms with van der Waals surface area (Å²) in [6.45, 7) is 3.59. The van der Waals surface area contributed by atoms with Crippen molar-refractivity contribution in [1.82, 2.24) is 5.32 Å². The van der Waals surface area contributed by atoms with E-state index in [1.165, 1.54) is 7.11 Å². The van der Waals surface area contributed by atoms with Gasteiger partial charge in [-0.2, -0.15) is 0 Å². The minimum absolute atomic E-state index is 0.133. The van der Waals surface area contributed by atoms with Crippen LogP contribution in [0.4, 0.5) is 0 Å². The number of hydrogen-bond donors (Lipinski definition) is 2. The van der Waals surface area contributed by atoms with Gasteiger partial charge in [-0.3, -0.25) is 4.79 Å². The molecule has 19 heavy (non-hydrogen) atoms. The van der Waals surface area contributed by atoms with Crippen molar-refractivity contribution in [3.05, 3.63) is 23.8 Å². The molecule has 0 heterocycles. The Labute approximate surface area is 113 Å². The highest BCUT2D eigenvalue weighted by Crippen LogP contribution is 2.25. The van der Waals surface area contributed by atoms with E-state index in [1.54, 1.807) is 19.1 Å². The van der Waals surface area contributed by atoms with Gasteiger partial charge in [-0.25, -0.2) is 0 Å². The summed E-state index contributed by atoms with van der Waals surface area (Å²) in [4.78, 5) is 11.1. The molecule has 0 bridgehead atoms. The lowest BCUT2D eigenvalue weighted by molar-refractivity contribution is -0.143. The van der Waals surface area contributed by atoms with Gasteiger partial charge in [0.05, 0.1) is 13.7 Å². The summed E-state index contributed by atoms with van der Waals surface area (Å²) >= 11 is 0. The molecule has 0 aliphatic carbocycles. The van der Waals surface area contributed by atoms with Crippen molar-refractivity contribution in [2.45, 2.75) is 26.3 Å². The predicted molar refractivity (Wildman–Crippen MR) is 72.2 cm³/mol. The molecule has 5 heteroatoms. The SMILES string of the molecule is CCOC(=O)CCCNCc1ccc(OC)c(O)c1. The van der Waals surface area contributed by atoms with E-state index in [-0.39, 0.29) is 11.7 Å². The van der Waals surface area contributed by atoms with E-state index < -0.39 is 0 Å². The second-order valence-corrected chi connectivity index (χ2v) is 4.09. The van der Waals surface area contributed by atoms with Crippen molar-refractivity contribution < 1.29 is 19.4 Å². The first-order valence-corrected chi connectivity index (χ1v) is 6.39. The maximum atomic E-state index is 11.1. The Hall–Kier alpha value is -1.75. The predicted octanol–water partition coefficient (Wildman–Crippen LogP) is 1.83. The molecular formula is C14H21NO4. The van der Waals surface area contributed by atoms with Crippen LogP contribution in [0.5, 0.6) is 11.5 Å². The fraction of sp³-hybridized carbons (Fsp3) is 0.500. The topological polar surface area (TPSA) is 67.8 Å². The maximum absolute atomic E-state index is 11.1. The largest absolute Gasteiger partial charge is 0.504 e. The van der Waals surface area contributed by atoms with Gasteiger partial charge in [-0.15, -0.1) is 0 Å². The Bertz CT molecular complexity index is 406. The lowest BCUT2D eigenvalue weighted by atomic mass is 10.2. The number of nitrogens with one attached hydrogen (secondary N) is 1. The fourth-order valence-corrected chi connectivity index (χ4v) is 1.67. The van der Waals surface area contributed by atoms with E-state index in [0.29, 0.717) is 25.3 Å². The molecule has 0 unspecified atom stereocenters. The minimum atomic E-state index is -0.161. The number of methoxy groups -OCH3 is 1. The minimum Gasteiger partial charge on any atom is -0.504 e. The standard InChI is InChI=1S/C14H21NO4/c1-3-19-14(17)5-4-8-15-10-11-6-7-13(18-2)12(16)9-11/h6-7,9,15-16H,3-5,8,10H2,1-2H3. The Morgan fingerprint density at radius 1 is 1.42 bits per heavy atom. The highest BCUT2D eigenvalue weighted by Gasteiger charge is 2.03. The van der Waals surface area contributed by atoms with Crippen LogP contribution in [-0.4, -0.2) is 31.3 Å². The molecule has 1 aromatic rings. The summed E-state index contributed by atoms with van der Waals surface area (Å²) in [5.41, 5.74) is 0.967. The van der Waals surface area contributed by atoms with Gasteiger partial charge in [0.1, 0.15) is 0 Å². The molecule has 0 saturated carbocycles. The zero-order valence-corrected chi connectivity index (χ0v) is 11.4. The molecule has 106 valence electrons. The van der Waals surface area contributed by atoms with Crippen LogP contribution in [0.2, 0.25) is 0 Å². The van der Waals surface area contributed by atoms with Crippen LogP contribution in [0.15, 0.2) is 18.2 Å². The van der Waals surface area contributed by atoms with E-state index in [4.69, 9.17) is 9.47 Å². The number of benzene rings is 1. The van der Waals surface area contributed by atoms with Crippen LogP contribution in [-0.2, 0) is 16.1 Å². The number of hydrogen-bond acceptors (Lipinski definition) is 5. The molecule has 1 rings (SSSR count). The molecule has 0 spiro atoms. The third-order valence-corrected chi connectivity index (χ3v) is 2.61. The number of ether oxygens (including phenoxy) is 2. The van der Waals surface area contributed by atoms with Crippen LogP contribution in [0, 0.1) is 0 Å². The zero-order valence-electron chi connectivity index (χ0n) is 11.4. The summed E-state index contributed by atoms with van der Waals surface area (Å²) in [6, 6.07) is 5.28. The molecule has 0 aliphatic heterocycles. The van der Waals surface area contributed by atoms with Gasteiger partial charge in [-0.05, 0) is 37.6 Å². The zero-order chi connectivity index (χ0) is 14.1. The van der Waals surface area contributed by atoms with Gasteiger partial charge in [0.15, 0.2) is 11.5 Å². The van der Waals surface area contributed by atoms with E-state index in [0.717, 1.165) is 18.5 Å². The average Bonchev–Trinajstić information content (AvgIpc) is 2.39. The Morgan fingerprint density at radius 3 is 2.84 bits per heavy atom. The summed E-state index contributed by atoms with van der Waals surface area (Å²) in [7, 11) is 1.52. The third-order valence-electron chi connectivity index (χ3n) is 2.61. The number of rotatable bonds is 8. The number of carbonyl (C=O) groups excluding carboxylic acids is 1. The highest BCUT2D eigenvalue weighted by molar-refractivity contribution is 5.69. The maximum Gasteiger partial charge on any atom is 0.305 e. The van der Waals surface area contributed by atoms with E-state index in [9.17, 15) is 9.90 Å². The second kappa shape index (κ2) is 8.37. The Morgan fingerprint density at radius 2 is 2.21 bits per heavy atom. The molecule has 0 atom stereocenters. The van der Waals surface area contributed by atoms with Crippen LogP contribution in [0.1, 0.15) is 25.3 Å². The molecule has 0 aromatic heterocycles. The van der Waals surface area contributed by atoms with Crippen LogP contribution >= 0.6 is 0 Å². The Kier molecular flexibility index (Phi) is 6.74. The van der Waals surface area contributed by atoms with Gasteiger partial charge >= 0.3 is 5.97 Å². The average molecular weight is 267 g/mol. The lowest BCUT2D eigenvalue weighted by Gasteiger charge is -2.07. The van der Waals surface area contributed by atoms with Crippen molar-refractivity contribution in [3.63, 3.8) is 0 Å². The quantitative estimate of drug-likeness (QED) is 0.555. The first-order valence-electron chi connectivity index (χ1n) is 6.39. The second-order valence-electron chi connectivity index (χ2n) is 4.09. The van der Waals surface area contributed by atoms with Gasteiger partial charge in [0.2, 0.25) is 0 Å². The monoisotopic (exact) mass is 267 g/mol. The fourth-order valence-electron chi connectivity index (χ4n) is 1.67. The van der Waals surface area contributed by atoms with Crippen LogP contribution in [0.3, 0.4) is 0 Å². The number of aromatic hydroxyl groups is 1. The smallest absolute Gasteiger partial charge is 0.305 e. The van der Waals surface area contributed by atoms with Gasteiger partial charge in [0, 0.05) is 13.0 Å². The van der Waals surface area contributed by atoms with Crippen molar-refractivity contribution in [2.75, 3.05) is 20.3 Å². The van der Waals surface area contributed by atoms with E-state index >= 15 is 0 Å². The summed E-state index contributed by atoms with van der Waals surface area (Å²) in [5.74, 6) is 0.436. The molecule has 1 aromatic carbocycles. The lowest BCUT2D eigenvalue weighted by Crippen LogP contribution is -2.16. The molecule has 0 amide bonds. The number of phenols is 1. The highest BCUT2D eigenvalue weighted by atomic mass is 16.5. The van der Waals surface area contributed by atoms with Crippen molar-refractivity contribution >= 4 is 5.97 Å². The van der Waals surface area contributed by atoms with Crippen molar-refractivity contribution in [1.29, 1.82) is 0 Å². The van der Waals surface area contributed by atoms with Crippen molar-refractivity contribution in [2.24, 2.45) is 0 Å². The molecular weight excluding hydrogens is 246 g/mol. The normalized spacial score (nSPS) is 10.2. The molecule has 0 fully saturated rings. The third kappa shape index (κ3) is 5.61. The summed E-state index contributed by atoms with van der Waals surface area (Å²) in [6.07, 6.45) is 1.16. The van der Waals surface area contributed by atoms with Gasteiger partial charge in [0.25, 0.3) is 0 Å². The number of phenolic OH excluding ortho intramolecular Hbond substituents is 1. The van der Waals surface area contributed by atoms with Gasteiger partial charge in [-0.1, -0.05) is 6.07 Å². The summed E-state index contributed by atoms with van der Waals surface area (Å²) < 4.78 is 9.80. The van der Waals surface area contributed by atoms with E-state index in [2.05, 4.69) is 5.32 Å². The number of esters is 1. The first-order chi connectivity index (χ1) is 9.17. The molecule has 0 saturated heterocycles. The Balaban J connectivity index is 2.22. The number of carbonyl (C=O) groups is 1. The first kappa shape index (κ1) is 15.3.